The van der Waals surface area contributed by atoms with Crippen LogP contribution in [0.4, 0.5) is 0 Å². The average molecular weight is 1050 g/mol. The monoisotopic (exact) mass is 1050 g/mol. The lowest BCUT2D eigenvalue weighted by Gasteiger charge is -2.29. The maximum absolute atomic E-state index is 14.0. The van der Waals surface area contributed by atoms with Gasteiger partial charge in [0.15, 0.2) is 5.96 Å². The summed E-state index contributed by atoms with van der Waals surface area (Å²) in [4.78, 5) is 136. The highest BCUT2D eigenvalue weighted by Crippen LogP contribution is 2.13. The number of unbranched alkanes of at least 4 members (excludes halogenated alkanes) is 1. The number of carboxylic acids is 1. The number of carbonyl (C=O) groups is 10. The van der Waals surface area contributed by atoms with Crippen molar-refractivity contribution >= 4 is 76.9 Å². The zero-order valence-electron chi connectivity index (χ0n) is 42.7. The molecule has 0 aromatic heterocycles. The molecule has 0 heterocycles. The second-order valence-electron chi connectivity index (χ2n) is 17.9. The maximum Gasteiger partial charge on any atom is 0.326 e. The number of hydrogen-bond acceptors (Lipinski definition) is 16. The van der Waals surface area contributed by atoms with Crippen LogP contribution >= 0.6 is 11.8 Å². The van der Waals surface area contributed by atoms with E-state index in [1.807, 2.05) is 0 Å². The highest BCUT2D eigenvalue weighted by atomic mass is 32.2. The van der Waals surface area contributed by atoms with Crippen molar-refractivity contribution in [2.45, 2.75) is 173 Å². The number of carbonyl (C=O) groups excluding carboxylic acids is 9. The Morgan fingerprint density at radius 2 is 1.01 bits per heavy atom. The van der Waals surface area contributed by atoms with Gasteiger partial charge in [0.1, 0.15) is 54.4 Å². The molecular weight excluding hydrogens is 965 g/mol. The van der Waals surface area contributed by atoms with Gasteiger partial charge in [-0.15, -0.1) is 0 Å². The number of hydrogen-bond donors (Lipinski definition) is 16. The predicted molar refractivity (Wildman–Crippen MR) is 269 cm³/mol. The predicted octanol–water partition coefficient (Wildman–Crippen LogP) is -5.04. The van der Waals surface area contributed by atoms with E-state index in [9.17, 15) is 63.3 Å². The number of carboxylic acid groups (broad SMARTS) is 1. The van der Waals surface area contributed by atoms with Gasteiger partial charge in [-0.05, 0) is 96.1 Å². The number of nitrogens with zero attached hydrogens (tertiary/aromatic N) is 1. The molecule has 0 aromatic rings. The van der Waals surface area contributed by atoms with E-state index in [4.69, 9.17) is 28.7 Å². The van der Waals surface area contributed by atoms with Crippen LogP contribution in [0.25, 0.3) is 0 Å². The zero-order valence-corrected chi connectivity index (χ0v) is 43.5. The van der Waals surface area contributed by atoms with E-state index in [1.165, 1.54) is 32.5 Å². The van der Waals surface area contributed by atoms with Crippen LogP contribution in [-0.4, -0.2) is 172 Å². The molecule has 0 saturated heterocycles. The molecule has 28 heteroatoms. The highest BCUT2D eigenvalue weighted by Gasteiger charge is 2.36. The number of guanidine groups is 1. The number of thioether (sulfide) groups is 1. The zero-order chi connectivity index (χ0) is 55.4. The number of aliphatic imine (C=N–C) groups is 1. The Bertz CT molecular complexity index is 1840. The van der Waals surface area contributed by atoms with Gasteiger partial charge in [0.25, 0.3) is 0 Å². The number of aliphatic carboxylic acids is 1. The van der Waals surface area contributed by atoms with Crippen molar-refractivity contribution in [3.8, 4) is 0 Å². The van der Waals surface area contributed by atoms with E-state index in [0.29, 0.717) is 25.0 Å². The van der Waals surface area contributed by atoms with Crippen molar-refractivity contribution in [2.75, 3.05) is 25.1 Å². The Balaban J connectivity index is 6.49. The molecule has 0 bridgehead atoms. The smallest absolute Gasteiger partial charge is 0.326 e. The summed E-state index contributed by atoms with van der Waals surface area (Å²) in [5.41, 5.74) is 27.5. The molecule has 0 aliphatic carbocycles. The van der Waals surface area contributed by atoms with Crippen molar-refractivity contribution < 1.29 is 63.3 Å². The van der Waals surface area contributed by atoms with Gasteiger partial charge in [0.2, 0.25) is 53.2 Å². The van der Waals surface area contributed by atoms with E-state index in [1.54, 1.807) is 34.0 Å². The van der Waals surface area contributed by atoms with Crippen LogP contribution in [0.3, 0.4) is 0 Å². The van der Waals surface area contributed by atoms with Crippen molar-refractivity contribution in [1.29, 1.82) is 0 Å². The Kier molecular flexibility index (Phi) is 31.7. The van der Waals surface area contributed by atoms with Gasteiger partial charge in [-0.25, -0.2) is 4.79 Å². The molecule has 0 aliphatic heterocycles. The van der Waals surface area contributed by atoms with Crippen LogP contribution in [0.2, 0.25) is 0 Å². The summed E-state index contributed by atoms with van der Waals surface area (Å²) in [6, 6.07) is -12.5. The van der Waals surface area contributed by atoms with E-state index in [0.717, 1.165) is 0 Å². The Labute approximate surface area is 425 Å². The van der Waals surface area contributed by atoms with Crippen LogP contribution < -0.4 is 71.2 Å². The molecule has 72 heavy (non-hydrogen) atoms. The van der Waals surface area contributed by atoms with E-state index in [2.05, 4.69) is 47.5 Å². The molecule has 0 rings (SSSR count). The Morgan fingerprint density at radius 1 is 0.556 bits per heavy atom. The molecular formula is C44H82N14O13S. The SMILES string of the molecule is CC[C@H](C)[C@H](NC(=O)[C@@H](NC(=O)[C@H](CCC(N)=O)NC(=O)[C@H](CCSC)NC(=O)[C@H](CCCCN)NC(=O)[C@@H](NC(=O)[C@H](C)NC(=O)[C@H](CCCN=C(N)N)NC(=O)[C@@H](N)[C@@H](C)O)[C@@H](C)O)C(C)C)C(=O)O. The lowest BCUT2D eigenvalue weighted by Crippen LogP contribution is -2.62. The number of amides is 9. The molecule has 0 aliphatic rings. The first kappa shape index (κ1) is 66.2. The average Bonchev–Trinajstić information content (AvgIpc) is 3.30. The molecule has 0 radical (unpaired) electrons. The number of rotatable bonds is 36. The van der Waals surface area contributed by atoms with Gasteiger partial charge in [-0.1, -0.05) is 34.1 Å². The molecule has 21 N–H and O–H groups in total. The van der Waals surface area contributed by atoms with Crippen LogP contribution in [0.5, 0.6) is 0 Å². The van der Waals surface area contributed by atoms with Crippen LogP contribution in [0, 0.1) is 11.8 Å². The molecule has 412 valence electrons. The van der Waals surface area contributed by atoms with Crippen molar-refractivity contribution in [3.05, 3.63) is 0 Å². The number of aliphatic hydroxyl groups is 2. The molecule has 0 unspecified atom stereocenters. The third-order valence-corrected chi connectivity index (χ3v) is 12.0. The Morgan fingerprint density at radius 3 is 1.49 bits per heavy atom. The first-order valence-corrected chi connectivity index (χ1v) is 25.3. The van der Waals surface area contributed by atoms with Crippen LogP contribution in [0.15, 0.2) is 4.99 Å². The third-order valence-electron chi connectivity index (χ3n) is 11.4. The second-order valence-corrected chi connectivity index (χ2v) is 18.9. The molecule has 0 aromatic carbocycles. The summed E-state index contributed by atoms with van der Waals surface area (Å²) in [7, 11) is 0. The van der Waals surface area contributed by atoms with Crippen LogP contribution in [-0.2, 0) is 47.9 Å². The van der Waals surface area contributed by atoms with Gasteiger partial charge in [-0.2, -0.15) is 11.8 Å². The minimum atomic E-state index is -1.71. The molecule has 9 amide bonds. The summed E-state index contributed by atoms with van der Waals surface area (Å²) >= 11 is 1.32. The van der Waals surface area contributed by atoms with Crippen molar-refractivity contribution in [2.24, 2.45) is 45.5 Å². The fourth-order valence-electron chi connectivity index (χ4n) is 6.67. The fourth-order valence-corrected chi connectivity index (χ4v) is 7.14. The topological polar surface area (TPSA) is 470 Å². The van der Waals surface area contributed by atoms with E-state index in [-0.39, 0.29) is 57.6 Å². The van der Waals surface area contributed by atoms with Crippen molar-refractivity contribution in [3.63, 3.8) is 0 Å². The summed E-state index contributed by atoms with van der Waals surface area (Å²) < 4.78 is 0. The van der Waals surface area contributed by atoms with Gasteiger partial charge in [-0.3, -0.25) is 48.1 Å². The van der Waals surface area contributed by atoms with E-state index < -0.39 is 138 Å². The number of primary amides is 1. The molecule has 0 fully saturated rings. The number of aliphatic hydroxyl groups excluding tert-OH is 2. The first-order chi connectivity index (χ1) is 33.6. The fraction of sp³-hybridized carbons (Fsp3) is 0.750. The van der Waals surface area contributed by atoms with Gasteiger partial charge in [0.05, 0.1) is 12.2 Å². The second kappa shape index (κ2) is 34.5. The first-order valence-electron chi connectivity index (χ1n) is 23.9. The highest BCUT2D eigenvalue weighted by molar-refractivity contribution is 7.98. The maximum atomic E-state index is 14.0. The third kappa shape index (κ3) is 25.0. The summed E-state index contributed by atoms with van der Waals surface area (Å²) in [5, 5.41) is 50.1. The Hall–Kier alpha value is -5.84. The normalized spacial score (nSPS) is 16.2. The molecule has 0 spiro atoms. The lowest BCUT2D eigenvalue weighted by molar-refractivity contribution is -0.144. The standard InChI is InChI=1S/C44H82N14O13S/c1-9-22(4)33(43(70)71)57-41(68)32(21(2)3)56-39(66)28(15-16-30(46)61)52-38(65)29(17-20-72-8)53-37(64)26(13-10-11-18-45)55-42(69)34(25(7)60)58-35(62)23(5)51-36(63)27(14-12-19-50-44(48)49)54-40(67)31(47)24(6)59/h21-29,31-34,59-60H,9-20,45,47H2,1-8H3,(H2,46,61)(H,51,63)(H,52,65)(H,53,64)(H,54,67)(H,55,69)(H,56,66)(H,57,68)(H,58,62)(H,70,71)(H4,48,49,50)/t22-,23-,24+,25+,26-,27-,28-,29-,31-,32-,33-,34-/m0/s1. The lowest BCUT2D eigenvalue weighted by atomic mass is 9.97. The summed E-state index contributed by atoms with van der Waals surface area (Å²) in [6.07, 6.45) is -0.534. The van der Waals surface area contributed by atoms with Crippen LogP contribution in [0.1, 0.15) is 106 Å². The molecule has 0 saturated carbocycles. The van der Waals surface area contributed by atoms with Gasteiger partial charge in [0, 0.05) is 13.0 Å². The van der Waals surface area contributed by atoms with E-state index >= 15 is 0 Å². The minimum absolute atomic E-state index is 0.000287. The van der Waals surface area contributed by atoms with Crippen molar-refractivity contribution in [1.82, 2.24) is 42.5 Å². The number of nitrogens with one attached hydrogen (secondary N) is 8. The number of nitrogens with two attached hydrogens (primary N) is 5. The van der Waals surface area contributed by atoms with Gasteiger partial charge < -0.3 is 86.5 Å². The molecule has 27 nitrogen and oxygen atoms in total. The molecule has 12 atom stereocenters. The summed E-state index contributed by atoms with van der Waals surface area (Å²) in [5.74, 6) is -10.2. The minimum Gasteiger partial charge on any atom is -0.480 e. The largest absolute Gasteiger partial charge is 0.480 e. The summed E-state index contributed by atoms with van der Waals surface area (Å²) in [6.45, 7) is 10.6. The quantitative estimate of drug-likeness (QED) is 0.0159. The van der Waals surface area contributed by atoms with Gasteiger partial charge >= 0.3 is 5.97 Å².